The topological polar surface area (TPSA) is 70.6 Å². The molecule has 3 N–H and O–H groups in total. The number of rotatable bonds is 7. The molecule has 1 aromatic carbocycles. The number of ether oxygens (including phenoxy) is 1. The van der Waals surface area contributed by atoms with Crippen LogP contribution in [0.2, 0.25) is 0 Å². The lowest BCUT2D eigenvalue weighted by molar-refractivity contribution is 0.0351. The van der Waals surface area contributed by atoms with Crippen molar-refractivity contribution < 1.29 is 14.6 Å². The highest BCUT2D eigenvalue weighted by molar-refractivity contribution is 9.10. The molecular weight excluding hydrogens is 324 g/mol. The van der Waals surface area contributed by atoms with Crippen molar-refractivity contribution >= 4 is 22.0 Å². The SMILES string of the molecule is CC[C@](O)(CNC(=O)NCCOC)c1ccc(Br)cc1. The molecular formula is C14H21BrN2O3. The molecule has 0 spiro atoms. The molecule has 0 bridgehead atoms. The number of hydrogen-bond donors (Lipinski definition) is 3. The molecule has 0 aliphatic rings. The number of urea groups is 1. The highest BCUT2D eigenvalue weighted by Crippen LogP contribution is 2.25. The predicted octanol–water partition coefficient (Wildman–Crippen LogP) is 1.99. The standard InChI is InChI=1S/C14H21BrN2O3/c1-3-14(19,11-4-6-12(15)7-5-11)10-17-13(18)16-8-9-20-2/h4-7,19H,3,8-10H2,1-2H3,(H2,16,17,18)/t14-/m0/s1. The van der Waals surface area contributed by atoms with Gasteiger partial charge in [0, 0.05) is 18.1 Å². The van der Waals surface area contributed by atoms with Gasteiger partial charge in [-0.3, -0.25) is 0 Å². The first kappa shape index (κ1) is 16.9. The fourth-order valence-corrected chi connectivity index (χ4v) is 2.01. The molecule has 0 saturated heterocycles. The molecule has 1 rings (SSSR count). The largest absolute Gasteiger partial charge is 0.383 e. The van der Waals surface area contributed by atoms with Crippen LogP contribution in [0.4, 0.5) is 4.79 Å². The number of carbonyl (C=O) groups is 1. The zero-order chi connectivity index (χ0) is 15.0. The first-order valence-electron chi connectivity index (χ1n) is 6.51. The highest BCUT2D eigenvalue weighted by atomic mass is 79.9. The molecule has 0 aromatic heterocycles. The second-order valence-electron chi connectivity index (χ2n) is 4.49. The normalized spacial score (nSPS) is 13.6. The van der Waals surface area contributed by atoms with Gasteiger partial charge in [0.2, 0.25) is 0 Å². The van der Waals surface area contributed by atoms with E-state index in [1.54, 1.807) is 7.11 Å². The summed E-state index contributed by atoms with van der Waals surface area (Å²) in [6.45, 7) is 2.93. The number of carbonyl (C=O) groups excluding carboxylic acids is 1. The average Bonchev–Trinajstić information content (AvgIpc) is 2.46. The lowest BCUT2D eigenvalue weighted by atomic mass is 9.91. The maximum Gasteiger partial charge on any atom is 0.314 e. The minimum absolute atomic E-state index is 0.157. The third kappa shape index (κ3) is 5.11. The average molecular weight is 345 g/mol. The predicted molar refractivity (Wildman–Crippen MR) is 81.6 cm³/mol. The van der Waals surface area contributed by atoms with Crippen molar-refractivity contribution in [2.45, 2.75) is 18.9 Å². The highest BCUT2D eigenvalue weighted by Gasteiger charge is 2.27. The quantitative estimate of drug-likeness (QED) is 0.662. The van der Waals surface area contributed by atoms with Gasteiger partial charge in [0.05, 0.1) is 13.2 Å². The maximum absolute atomic E-state index is 11.6. The molecule has 0 unspecified atom stereocenters. The molecule has 1 aromatic rings. The van der Waals surface area contributed by atoms with Crippen LogP contribution in [0, 0.1) is 0 Å². The zero-order valence-electron chi connectivity index (χ0n) is 11.8. The van der Waals surface area contributed by atoms with Crippen molar-refractivity contribution in [3.8, 4) is 0 Å². The third-order valence-corrected chi connectivity index (χ3v) is 3.63. The van der Waals surface area contributed by atoms with E-state index in [1.165, 1.54) is 0 Å². The Hall–Kier alpha value is -1.11. The van der Waals surface area contributed by atoms with Crippen LogP contribution in [-0.4, -0.2) is 37.9 Å². The monoisotopic (exact) mass is 344 g/mol. The second-order valence-corrected chi connectivity index (χ2v) is 5.41. The maximum atomic E-state index is 11.6. The molecule has 20 heavy (non-hydrogen) atoms. The van der Waals surface area contributed by atoms with Gasteiger partial charge in [-0.05, 0) is 24.1 Å². The van der Waals surface area contributed by atoms with Crippen LogP contribution in [0.3, 0.4) is 0 Å². The lowest BCUT2D eigenvalue weighted by Crippen LogP contribution is -2.45. The van der Waals surface area contributed by atoms with E-state index in [1.807, 2.05) is 31.2 Å². The van der Waals surface area contributed by atoms with E-state index in [-0.39, 0.29) is 12.6 Å². The van der Waals surface area contributed by atoms with Crippen LogP contribution in [0.15, 0.2) is 28.7 Å². The van der Waals surface area contributed by atoms with E-state index < -0.39 is 5.60 Å². The molecule has 6 heteroatoms. The van der Waals surface area contributed by atoms with Crippen molar-refractivity contribution in [1.82, 2.24) is 10.6 Å². The Morgan fingerprint density at radius 3 is 2.55 bits per heavy atom. The summed E-state index contributed by atoms with van der Waals surface area (Å²) in [5.41, 5.74) is -0.292. The van der Waals surface area contributed by atoms with Gasteiger partial charge in [0.1, 0.15) is 5.60 Å². The summed E-state index contributed by atoms with van der Waals surface area (Å²) in [4.78, 5) is 11.6. The lowest BCUT2D eigenvalue weighted by Gasteiger charge is -2.27. The van der Waals surface area contributed by atoms with E-state index >= 15 is 0 Å². The van der Waals surface area contributed by atoms with Gasteiger partial charge in [-0.1, -0.05) is 35.0 Å². The summed E-state index contributed by atoms with van der Waals surface area (Å²) < 4.78 is 5.79. The molecule has 0 saturated carbocycles. The molecule has 1 atom stereocenters. The van der Waals surface area contributed by atoms with E-state index in [2.05, 4.69) is 26.6 Å². The number of hydrogen-bond acceptors (Lipinski definition) is 3. The van der Waals surface area contributed by atoms with Crippen LogP contribution in [0.1, 0.15) is 18.9 Å². The van der Waals surface area contributed by atoms with Crippen molar-refractivity contribution in [3.63, 3.8) is 0 Å². The molecule has 0 fully saturated rings. The van der Waals surface area contributed by atoms with Gasteiger partial charge < -0.3 is 20.5 Å². The fraction of sp³-hybridized carbons (Fsp3) is 0.500. The number of amides is 2. The molecule has 5 nitrogen and oxygen atoms in total. The smallest absolute Gasteiger partial charge is 0.314 e. The van der Waals surface area contributed by atoms with Gasteiger partial charge in [-0.2, -0.15) is 0 Å². The Morgan fingerprint density at radius 1 is 1.35 bits per heavy atom. The van der Waals surface area contributed by atoms with Crippen molar-refractivity contribution in [3.05, 3.63) is 34.3 Å². The Bertz CT molecular complexity index is 425. The van der Waals surface area contributed by atoms with Gasteiger partial charge in [0.15, 0.2) is 0 Å². The molecule has 0 aliphatic carbocycles. The molecule has 112 valence electrons. The van der Waals surface area contributed by atoms with E-state index in [9.17, 15) is 9.90 Å². The second kappa shape index (κ2) is 8.24. The number of methoxy groups -OCH3 is 1. The first-order valence-corrected chi connectivity index (χ1v) is 7.30. The minimum Gasteiger partial charge on any atom is -0.383 e. The van der Waals surface area contributed by atoms with Crippen LogP contribution in [-0.2, 0) is 10.3 Å². The van der Waals surface area contributed by atoms with Crippen LogP contribution < -0.4 is 10.6 Å². The summed E-state index contributed by atoms with van der Waals surface area (Å²) in [5.74, 6) is 0. The van der Waals surface area contributed by atoms with Crippen LogP contribution in [0.5, 0.6) is 0 Å². The van der Waals surface area contributed by atoms with E-state index in [4.69, 9.17) is 4.74 Å². The third-order valence-electron chi connectivity index (χ3n) is 3.10. The van der Waals surface area contributed by atoms with Crippen LogP contribution >= 0.6 is 15.9 Å². The number of aliphatic hydroxyl groups is 1. The molecule has 2 amide bonds. The number of halogens is 1. The van der Waals surface area contributed by atoms with Crippen molar-refractivity contribution in [1.29, 1.82) is 0 Å². The summed E-state index contributed by atoms with van der Waals surface area (Å²) in [7, 11) is 1.57. The van der Waals surface area contributed by atoms with Gasteiger partial charge >= 0.3 is 6.03 Å². The van der Waals surface area contributed by atoms with Crippen molar-refractivity contribution in [2.75, 3.05) is 26.8 Å². The Kier molecular flexibility index (Phi) is 6.98. The fourth-order valence-electron chi connectivity index (χ4n) is 1.75. The zero-order valence-corrected chi connectivity index (χ0v) is 13.4. The summed E-state index contributed by atoms with van der Waals surface area (Å²) in [6.07, 6.45) is 0.507. The molecule has 0 radical (unpaired) electrons. The minimum atomic E-state index is -1.07. The van der Waals surface area contributed by atoms with Crippen LogP contribution in [0.25, 0.3) is 0 Å². The Labute approximate surface area is 127 Å². The first-order chi connectivity index (χ1) is 9.51. The summed E-state index contributed by atoms with van der Waals surface area (Å²) >= 11 is 3.36. The van der Waals surface area contributed by atoms with Gasteiger partial charge in [-0.25, -0.2) is 4.79 Å². The Balaban J connectivity index is 2.57. The van der Waals surface area contributed by atoms with Gasteiger partial charge in [-0.15, -0.1) is 0 Å². The van der Waals surface area contributed by atoms with Gasteiger partial charge in [0.25, 0.3) is 0 Å². The van der Waals surface area contributed by atoms with E-state index in [0.717, 1.165) is 10.0 Å². The van der Waals surface area contributed by atoms with E-state index in [0.29, 0.717) is 19.6 Å². The molecule has 0 heterocycles. The number of benzene rings is 1. The summed E-state index contributed by atoms with van der Waals surface area (Å²) in [6, 6.07) is 7.12. The summed E-state index contributed by atoms with van der Waals surface area (Å²) in [5, 5.41) is 15.9. The Morgan fingerprint density at radius 2 is 2.00 bits per heavy atom. The van der Waals surface area contributed by atoms with Crippen molar-refractivity contribution in [2.24, 2.45) is 0 Å². The molecule has 0 aliphatic heterocycles. The number of nitrogens with one attached hydrogen (secondary N) is 2.